The van der Waals surface area contributed by atoms with Crippen LogP contribution in [0.25, 0.3) is 0 Å². The molecule has 4 fully saturated rings. The molecule has 2 nitrogen and oxygen atoms in total. The van der Waals surface area contributed by atoms with Crippen molar-refractivity contribution in [1.29, 1.82) is 0 Å². The first-order valence-electron chi connectivity index (χ1n) is 8.93. The molecule has 0 aliphatic heterocycles. The molecule has 30 heavy (non-hydrogen) atoms. The largest absolute Gasteiger partial charge is 0.392 e. The third kappa shape index (κ3) is 44.2. The number of aliphatic hydroxyl groups excluding tert-OH is 2. The smallest absolute Gasteiger partial charge is 0.0609 e. The summed E-state index contributed by atoms with van der Waals surface area (Å²) in [6.07, 6.45) is 42.9. The number of hydrogen-bond donors (Lipinski definition) is 2. The first-order chi connectivity index (χ1) is 13.8. The Balaban J connectivity index is -0.000000134. The van der Waals surface area contributed by atoms with Crippen LogP contribution < -0.4 is 0 Å². The zero-order valence-corrected chi connectivity index (χ0v) is 20.4. The molecule has 2 N–H and O–H groups in total. The van der Waals surface area contributed by atoms with Crippen LogP contribution in [0, 0.1) is 222 Å². The molecule has 0 amide bonds. The van der Waals surface area contributed by atoms with Crippen molar-refractivity contribution in [2.24, 2.45) is 0 Å². The summed E-state index contributed by atoms with van der Waals surface area (Å²) >= 11 is 0. The predicted octanol–water partition coefficient (Wildman–Crippen LogP) is 4.42. The summed E-state index contributed by atoms with van der Waals surface area (Å²) in [5, 5.41) is 15.5. The molecule has 0 heterocycles. The maximum atomic E-state index is 7.76. The van der Waals surface area contributed by atoms with Gasteiger partial charge in [-0.15, -0.1) is 13.2 Å². The standard InChI is InChI=1S/4C5H5.2C3H6O.2Yb/c4*1-2-4-5-3-1;2*1-2-3-4;;/h4*1-5H;2*2,4H,1,3H2;;. The van der Waals surface area contributed by atoms with E-state index in [0.29, 0.717) is 0 Å². The van der Waals surface area contributed by atoms with Crippen molar-refractivity contribution in [2.75, 3.05) is 13.2 Å². The summed E-state index contributed by atoms with van der Waals surface area (Å²) in [7, 11) is 0. The molecule has 0 bridgehead atoms. The molecule has 4 aliphatic rings. The fourth-order valence-electron chi connectivity index (χ4n) is 1.28. The Labute approximate surface area is 267 Å². The van der Waals surface area contributed by atoms with Crippen LogP contribution >= 0.6 is 0 Å². The molecule has 0 unspecified atom stereocenters. The third-order valence-corrected chi connectivity index (χ3v) is 2.48. The summed E-state index contributed by atoms with van der Waals surface area (Å²) in [5.41, 5.74) is 0. The summed E-state index contributed by atoms with van der Waals surface area (Å²) in [5.74, 6) is 0. The molecule has 176 valence electrons. The fourth-order valence-corrected chi connectivity index (χ4v) is 1.28. The van der Waals surface area contributed by atoms with Gasteiger partial charge in [-0.3, -0.25) is 0 Å². The summed E-state index contributed by atoms with van der Waals surface area (Å²) in [6.45, 7) is 6.62. The molecule has 4 rings (SSSR count). The van der Waals surface area contributed by atoms with Gasteiger partial charge in [0.25, 0.3) is 0 Å². The molecule has 4 aliphatic carbocycles. The van der Waals surface area contributed by atoms with E-state index in [2.05, 4.69) is 13.2 Å². The Morgan fingerprint density at radius 3 is 0.467 bits per heavy atom. The number of rotatable bonds is 2. The quantitative estimate of drug-likeness (QED) is 0.415. The van der Waals surface area contributed by atoms with E-state index in [-0.39, 0.29) is 107 Å². The van der Waals surface area contributed by atoms with Crippen LogP contribution in [0.3, 0.4) is 0 Å². The van der Waals surface area contributed by atoms with Crippen molar-refractivity contribution in [3.05, 3.63) is 154 Å². The molecule has 20 radical (unpaired) electrons. The molecule has 0 saturated heterocycles. The van der Waals surface area contributed by atoms with E-state index in [9.17, 15) is 0 Å². The van der Waals surface area contributed by atoms with Crippen LogP contribution in [0.5, 0.6) is 0 Å². The second-order valence-corrected chi connectivity index (χ2v) is 4.79. The van der Waals surface area contributed by atoms with E-state index in [1.165, 1.54) is 12.2 Å². The minimum atomic E-state index is 0. The van der Waals surface area contributed by atoms with Crippen molar-refractivity contribution < 1.29 is 104 Å². The molecular weight excluding hydrogens is 690 g/mol. The zero-order valence-electron chi connectivity index (χ0n) is 17.0. The number of aliphatic hydroxyl groups is 2. The molecule has 4 heteroatoms. The maximum absolute atomic E-state index is 7.76. The van der Waals surface area contributed by atoms with Gasteiger partial charge in [0.2, 0.25) is 0 Å². The number of hydrogen-bond acceptors (Lipinski definition) is 2. The van der Waals surface area contributed by atoms with E-state index in [1.807, 2.05) is 128 Å². The van der Waals surface area contributed by atoms with Gasteiger partial charge < -0.3 is 10.2 Å². The Morgan fingerprint density at radius 2 is 0.433 bits per heavy atom. The maximum Gasteiger partial charge on any atom is 0.0609 e. The van der Waals surface area contributed by atoms with Crippen molar-refractivity contribution in [1.82, 2.24) is 0 Å². The molecule has 0 spiro atoms. The second-order valence-electron chi connectivity index (χ2n) is 4.79. The van der Waals surface area contributed by atoms with E-state index in [0.717, 1.165) is 0 Å². The molecule has 0 atom stereocenters. The first-order valence-corrected chi connectivity index (χ1v) is 8.93. The molecular formula is C26H32O2Yb2. The van der Waals surface area contributed by atoms with Crippen molar-refractivity contribution in [3.63, 3.8) is 0 Å². The van der Waals surface area contributed by atoms with Crippen LogP contribution in [0.1, 0.15) is 0 Å². The SMILES string of the molecule is C=CCO.C=CCO.[CH]1[CH][CH][CH][CH]1.[CH]1[CH][CH][CH][CH]1.[CH]1[CH][CH][CH][CH]1.[CH]1[CH][CH][CH][CH]1.[Yb].[Yb]. The van der Waals surface area contributed by atoms with Gasteiger partial charge in [0.05, 0.1) is 13.2 Å². The van der Waals surface area contributed by atoms with Crippen LogP contribution in [0.4, 0.5) is 0 Å². The Hall–Kier alpha value is 2.44. The van der Waals surface area contributed by atoms with Crippen LogP contribution in [-0.4, -0.2) is 23.4 Å². The van der Waals surface area contributed by atoms with Crippen LogP contribution in [0.15, 0.2) is 25.3 Å². The third-order valence-electron chi connectivity index (χ3n) is 2.48. The van der Waals surface area contributed by atoms with Gasteiger partial charge in [0.15, 0.2) is 0 Å². The van der Waals surface area contributed by atoms with E-state index in [4.69, 9.17) is 10.2 Å². The van der Waals surface area contributed by atoms with E-state index >= 15 is 0 Å². The van der Waals surface area contributed by atoms with Crippen molar-refractivity contribution >= 4 is 0 Å². The minimum Gasteiger partial charge on any atom is -0.392 e. The van der Waals surface area contributed by atoms with Gasteiger partial charge in [0, 0.05) is 93.8 Å². The summed E-state index contributed by atoms with van der Waals surface area (Å²) < 4.78 is 0. The van der Waals surface area contributed by atoms with Gasteiger partial charge in [0.1, 0.15) is 0 Å². The van der Waals surface area contributed by atoms with Crippen molar-refractivity contribution in [2.45, 2.75) is 0 Å². The fraction of sp³-hybridized carbons (Fsp3) is 0.0769. The second kappa shape index (κ2) is 41.7. The van der Waals surface area contributed by atoms with Gasteiger partial charge in [-0.1, -0.05) is 12.2 Å². The van der Waals surface area contributed by atoms with E-state index in [1.54, 1.807) is 0 Å². The normalized spacial score (nSPS) is 17.7. The Bertz CT molecular complexity index is 192. The average molecular weight is 723 g/mol. The summed E-state index contributed by atoms with van der Waals surface area (Å²) in [4.78, 5) is 0. The predicted molar refractivity (Wildman–Crippen MR) is 121 cm³/mol. The van der Waals surface area contributed by atoms with Gasteiger partial charge in [-0.2, -0.15) is 0 Å². The molecule has 0 aromatic heterocycles. The average Bonchev–Trinajstić information content (AvgIpc) is 3.58. The van der Waals surface area contributed by atoms with Crippen LogP contribution in [0.2, 0.25) is 0 Å². The topological polar surface area (TPSA) is 40.5 Å². The Kier molecular flexibility index (Phi) is 55.1. The minimum absolute atomic E-state index is 0. The van der Waals surface area contributed by atoms with E-state index < -0.39 is 0 Å². The van der Waals surface area contributed by atoms with Crippen LogP contribution in [-0.2, 0) is 0 Å². The van der Waals surface area contributed by atoms with Gasteiger partial charge in [-0.05, 0) is 128 Å². The van der Waals surface area contributed by atoms with Gasteiger partial charge in [-0.25, -0.2) is 0 Å². The van der Waals surface area contributed by atoms with Crippen molar-refractivity contribution in [3.8, 4) is 0 Å². The van der Waals surface area contributed by atoms with Gasteiger partial charge >= 0.3 is 0 Å². The molecule has 0 aromatic carbocycles. The Morgan fingerprint density at radius 1 is 0.367 bits per heavy atom. The zero-order chi connectivity index (χ0) is 21.0. The molecule has 4 saturated carbocycles. The monoisotopic (exact) mass is 724 g/mol. The molecule has 0 aromatic rings. The summed E-state index contributed by atoms with van der Waals surface area (Å²) in [6, 6.07) is 0. The first kappa shape index (κ1) is 39.6.